The maximum atomic E-state index is 5.45. The van der Waals surface area contributed by atoms with Crippen molar-refractivity contribution < 1.29 is 4.74 Å². The fourth-order valence-electron chi connectivity index (χ4n) is 0.851. The fraction of sp³-hybridized carbons (Fsp3) is 0.222. The molecule has 59 valence electrons. The number of hydrogen-bond acceptors (Lipinski definition) is 1. The van der Waals surface area contributed by atoms with Gasteiger partial charge in [0.1, 0.15) is 5.75 Å². The number of methoxy groups -OCH3 is 1. The molecule has 11 heavy (non-hydrogen) atoms. The Morgan fingerprint density at radius 1 is 1.36 bits per heavy atom. The van der Waals surface area contributed by atoms with Crippen LogP contribution >= 0.6 is 11.6 Å². The Kier molecular flexibility index (Phi) is 3.24. The topological polar surface area (TPSA) is 9.23 Å². The van der Waals surface area contributed by atoms with Gasteiger partial charge in [0, 0.05) is 0 Å². The molecule has 0 saturated heterocycles. The van der Waals surface area contributed by atoms with Gasteiger partial charge >= 0.3 is 0 Å². The lowest BCUT2D eigenvalue weighted by atomic mass is 10.2. The number of rotatable bonds is 3. The summed E-state index contributed by atoms with van der Waals surface area (Å²) in [5.74, 6) is 2.49. The molecule has 1 radical (unpaired) electrons. The first-order valence-electron chi connectivity index (χ1n) is 3.41. The van der Waals surface area contributed by atoms with Crippen molar-refractivity contribution in [2.24, 2.45) is 0 Å². The predicted molar refractivity (Wildman–Crippen MR) is 46.9 cm³/mol. The van der Waals surface area contributed by atoms with Gasteiger partial charge in [-0.25, -0.2) is 0 Å². The van der Waals surface area contributed by atoms with Crippen LogP contribution in [-0.4, -0.2) is 7.11 Å². The Morgan fingerprint density at radius 3 is 2.45 bits per heavy atom. The minimum Gasteiger partial charge on any atom is -0.497 e. The lowest BCUT2D eigenvalue weighted by molar-refractivity contribution is 0.414. The lowest BCUT2D eigenvalue weighted by Gasteiger charge is -2.00. The molecule has 0 aliphatic heterocycles. The van der Waals surface area contributed by atoms with Crippen LogP contribution in [0.5, 0.6) is 5.75 Å². The van der Waals surface area contributed by atoms with Gasteiger partial charge in [0.2, 0.25) is 0 Å². The summed E-state index contributed by atoms with van der Waals surface area (Å²) < 4.78 is 5.00. The van der Waals surface area contributed by atoms with E-state index in [4.69, 9.17) is 16.3 Å². The zero-order valence-electron chi connectivity index (χ0n) is 6.38. The Bertz CT molecular complexity index is 205. The van der Waals surface area contributed by atoms with E-state index in [1.54, 1.807) is 13.0 Å². The second-order valence-electron chi connectivity index (χ2n) is 2.21. The predicted octanol–water partition coefficient (Wildman–Crippen LogP) is 2.64. The SMILES string of the molecule is COc1ccc(C[CH]Cl)cc1. The van der Waals surface area contributed by atoms with E-state index in [-0.39, 0.29) is 0 Å². The van der Waals surface area contributed by atoms with Crippen LogP contribution in [0.25, 0.3) is 0 Å². The second kappa shape index (κ2) is 4.24. The first kappa shape index (κ1) is 8.41. The molecule has 0 aliphatic carbocycles. The van der Waals surface area contributed by atoms with Gasteiger partial charge in [-0.05, 0) is 24.1 Å². The smallest absolute Gasteiger partial charge is 0.118 e. The highest BCUT2D eigenvalue weighted by Gasteiger charge is 1.92. The molecule has 0 amide bonds. The Hall–Kier alpha value is -0.690. The van der Waals surface area contributed by atoms with E-state index in [1.165, 1.54) is 5.56 Å². The molecule has 0 fully saturated rings. The van der Waals surface area contributed by atoms with E-state index in [2.05, 4.69) is 0 Å². The van der Waals surface area contributed by atoms with Crippen LogP contribution in [0.15, 0.2) is 24.3 Å². The first-order valence-corrected chi connectivity index (χ1v) is 3.85. The average molecular weight is 170 g/mol. The van der Waals surface area contributed by atoms with Crippen LogP contribution in [-0.2, 0) is 6.42 Å². The lowest BCUT2D eigenvalue weighted by Crippen LogP contribution is -1.84. The van der Waals surface area contributed by atoms with Gasteiger partial charge in [-0.15, -0.1) is 11.6 Å². The van der Waals surface area contributed by atoms with Gasteiger partial charge in [0.05, 0.1) is 13.0 Å². The molecule has 1 nitrogen and oxygen atoms in total. The van der Waals surface area contributed by atoms with Crippen LogP contribution in [0.1, 0.15) is 5.56 Å². The summed E-state index contributed by atoms with van der Waals surface area (Å²) in [7, 11) is 1.66. The molecule has 1 aromatic carbocycles. The third kappa shape index (κ3) is 2.43. The average Bonchev–Trinajstić information content (AvgIpc) is 2.07. The van der Waals surface area contributed by atoms with Gasteiger partial charge in [-0.1, -0.05) is 12.1 Å². The Labute approximate surface area is 71.9 Å². The third-order valence-corrected chi connectivity index (χ3v) is 1.63. The quantitative estimate of drug-likeness (QED) is 0.676. The van der Waals surface area contributed by atoms with Gasteiger partial charge < -0.3 is 4.74 Å². The zero-order chi connectivity index (χ0) is 8.10. The number of halogens is 1. The molecule has 0 aliphatic rings. The van der Waals surface area contributed by atoms with Crippen molar-refractivity contribution in [3.8, 4) is 5.75 Å². The highest BCUT2D eigenvalue weighted by molar-refractivity contribution is 6.23. The van der Waals surface area contributed by atoms with Crippen LogP contribution < -0.4 is 4.74 Å². The van der Waals surface area contributed by atoms with Crippen molar-refractivity contribution in [1.82, 2.24) is 0 Å². The first-order chi connectivity index (χ1) is 5.36. The van der Waals surface area contributed by atoms with Gasteiger partial charge in [0.25, 0.3) is 0 Å². The van der Waals surface area contributed by atoms with E-state index in [0.717, 1.165) is 12.2 Å². The molecule has 0 atom stereocenters. The molecule has 2 heteroatoms. The summed E-state index contributed by atoms with van der Waals surface area (Å²) in [6.45, 7) is 0. The Morgan fingerprint density at radius 2 is 2.00 bits per heavy atom. The van der Waals surface area contributed by atoms with E-state index in [1.807, 2.05) is 24.3 Å². The highest BCUT2D eigenvalue weighted by atomic mass is 35.5. The van der Waals surface area contributed by atoms with Crippen LogP contribution in [0.3, 0.4) is 0 Å². The van der Waals surface area contributed by atoms with E-state index >= 15 is 0 Å². The monoisotopic (exact) mass is 169 g/mol. The van der Waals surface area contributed by atoms with Crippen molar-refractivity contribution in [3.05, 3.63) is 35.7 Å². The largest absolute Gasteiger partial charge is 0.497 e. The molecule has 1 rings (SSSR count). The number of ether oxygens (including phenoxy) is 1. The molecular formula is C9H10ClO. The number of hydrogen-bond donors (Lipinski definition) is 0. The van der Waals surface area contributed by atoms with E-state index < -0.39 is 0 Å². The van der Waals surface area contributed by atoms with Crippen molar-refractivity contribution in [2.45, 2.75) is 6.42 Å². The Balaban J connectivity index is 2.66. The van der Waals surface area contributed by atoms with Crippen molar-refractivity contribution in [1.29, 1.82) is 0 Å². The van der Waals surface area contributed by atoms with Crippen LogP contribution in [0.2, 0.25) is 0 Å². The van der Waals surface area contributed by atoms with Gasteiger partial charge in [0.15, 0.2) is 0 Å². The normalized spacial score (nSPS) is 9.64. The summed E-state index contributed by atoms with van der Waals surface area (Å²) in [6, 6.07) is 7.85. The maximum Gasteiger partial charge on any atom is 0.118 e. The molecule has 0 saturated carbocycles. The number of benzene rings is 1. The minimum atomic E-state index is 0.797. The summed E-state index contributed by atoms with van der Waals surface area (Å²) in [4.78, 5) is 0. The standard InChI is InChI=1S/C9H10ClO/c1-11-9-4-2-8(3-5-9)6-7-10/h2-5,7H,6H2,1H3. The van der Waals surface area contributed by atoms with Crippen LogP contribution in [0.4, 0.5) is 0 Å². The zero-order valence-corrected chi connectivity index (χ0v) is 7.14. The summed E-state index contributed by atoms with van der Waals surface area (Å²) in [5, 5.41) is 0. The summed E-state index contributed by atoms with van der Waals surface area (Å²) >= 11 is 5.45. The third-order valence-electron chi connectivity index (χ3n) is 1.47. The van der Waals surface area contributed by atoms with E-state index in [0.29, 0.717) is 0 Å². The molecule has 0 heterocycles. The summed E-state index contributed by atoms with van der Waals surface area (Å²) in [6.07, 6.45) is 0.797. The van der Waals surface area contributed by atoms with Crippen molar-refractivity contribution >= 4 is 11.6 Å². The highest BCUT2D eigenvalue weighted by Crippen LogP contribution is 2.12. The van der Waals surface area contributed by atoms with Crippen LogP contribution in [0, 0.1) is 5.88 Å². The second-order valence-corrected chi connectivity index (χ2v) is 2.52. The van der Waals surface area contributed by atoms with Crippen molar-refractivity contribution in [2.75, 3.05) is 7.11 Å². The molecule has 0 aromatic heterocycles. The maximum absolute atomic E-state index is 5.45. The van der Waals surface area contributed by atoms with Gasteiger partial charge in [-0.3, -0.25) is 0 Å². The minimum absolute atomic E-state index is 0.797. The van der Waals surface area contributed by atoms with Gasteiger partial charge in [-0.2, -0.15) is 0 Å². The summed E-state index contributed by atoms with van der Waals surface area (Å²) in [5.41, 5.74) is 1.20. The molecular weight excluding hydrogens is 160 g/mol. The molecule has 0 unspecified atom stereocenters. The fourth-order valence-corrected chi connectivity index (χ4v) is 1.03. The molecule has 1 aromatic rings. The molecule has 0 bridgehead atoms. The molecule has 0 spiro atoms. The van der Waals surface area contributed by atoms with Crippen molar-refractivity contribution in [3.63, 3.8) is 0 Å². The van der Waals surface area contributed by atoms with E-state index in [9.17, 15) is 0 Å². The molecule has 0 N–H and O–H groups in total.